The molecular weight excluding hydrogens is 495 g/mol. The minimum atomic E-state index is -1.90. The number of amides is 1. The molecule has 11 heteroatoms. The van der Waals surface area contributed by atoms with Gasteiger partial charge in [-0.2, -0.15) is 0 Å². The van der Waals surface area contributed by atoms with E-state index in [4.69, 9.17) is 81.8 Å². The van der Waals surface area contributed by atoms with E-state index in [1.807, 2.05) is 0 Å². The molecule has 0 aromatic heterocycles. The summed E-state index contributed by atoms with van der Waals surface area (Å²) in [5.41, 5.74) is 0.783. The van der Waals surface area contributed by atoms with Gasteiger partial charge < -0.3 is 16.0 Å². The normalized spacial score (nSPS) is 12.2. The second-order valence-electron chi connectivity index (χ2n) is 5.16. The number of nitrogens with one attached hydrogen (secondary N) is 3. The molecule has 0 spiro atoms. The van der Waals surface area contributed by atoms with Gasteiger partial charge in [0.2, 0.25) is 3.79 Å². The van der Waals surface area contributed by atoms with Gasteiger partial charge in [-0.15, -0.1) is 0 Å². The first-order chi connectivity index (χ1) is 12.6. The second kappa shape index (κ2) is 9.70. The summed E-state index contributed by atoms with van der Waals surface area (Å²) >= 11 is 40.9. The lowest BCUT2D eigenvalue weighted by Gasteiger charge is -2.28. The van der Waals surface area contributed by atoms with E-state index in [2.05, 4.69) is 16.0 Å². The summed E-state index contributed by atoms with van der Waals surface area (Å²) < 4.78 is -1.90. The van der Waals surface area contributed by atoms with Gasteiger partial charge in [0.25, 0.3) is 5.91 Å². The first kappa shape index (κ1) is 22.6. The average Bonchev–Trinajstić information content (AvgIpc) is 2.57. The van der Waals surface area contributed by atoms with Crippen molar-refractivity contribution in [2.75, 3.05) is 5.32 Å². The monoisotopic (exact) mass is 503 g/mol. The van der Waals surface area contributed by atoms with Crippen molar-refractivity contribution < 1.29 is 4.79 Å². The summed E-state index contributed by atoms with van der Waals surface area (Å²) in [5.74, 6) is -0.540. The van der Waals surface area contributed by atoms with E-state index >= 15 is 0 Å². The van der Waals surface area contributed by atoms with Crippen LogP contribution in [-0.2, 0) is 0 Å². The zero-order valence-corrected chi connectivity index (χ0v) is 18.6. The van der Waals surface area contributed by atoms with Crippen molar-refractivity contribution in [2.45, 2.75) is 9.96 Å². The molecule has 0 aliphatic rings. The molecule has 0 saturated carbocycles. The maximum atomic E-state index is 12.4. The average molecular weight is 506 g/mol. The number of anilines is 1. The third-order valence-corrected chi connectivity index (χ3v) is 5.12. The Kier molecular flexibility index (Phi) is 8.13. The lowest BCUT2D eigenvalue weighted by Crippen LogP contribution is -2.56. The molecule has 0 heterocycles. The Morgan fingerprint density at radius 1 is 0.926 bits per heavy atom. The van der Waals surface area contributed by atoms with Crippen LogP contribution in [0.3, 0.4) is 0 Å². The van der Waals surface area contributed by atoms with E-state index in [1.165, 1.54) is 0 Å². The number of thiocarbonyl (C=S) groups is 1. The van der Waals surface area contributed by atoms with Gasteiger partial charge in [-0.05, 0) is 42.5 Å². The van der Waals surface area contributed by atoms with Crippen LogP contribution in [0.5, 0.6) is 0 Å². The summed E-state index contributed by atoms with van der Waals surface area (Å²) in [4.78, 5) is 12.4. The van der Waals surface area contributed by atoms with Crippen LogP contribution in [0.4, 0.5) is 5.69 Å². The van der Waals surface area contributed by atoms with Crippen LogP contribution in [0.15, 0.2) is 42.5 Å². The minimum absolute atomic E-state index is 0.0872. The van der Waals surface area contributed by atoms with Crippen molar-refractivity contribution in [1.29, 1.82) is 0 Å². The lowest BCUT2D eigenvalue weighted by molar-refractivity contribution is 0.0934. The van der Waals surface area contributed by atoms with Gasteiger partial charge in [0.1, 0.15) is 6.17 Å². The molecule has 2 aromatic rings. The highest BCUT2D eigenvalue weighted by Gasteiger charge is 2.35. The summed E-state index contributed by atoms with van der Waals surface area (Å²) in [6, 6.07) is 11.3. The lowest BCUT2D eigenvalue weighted by atomic mass is 10.2. The zero-order chi connectivity index (χ0) is 20.2. The molecule has 4 nitrogen and oxygen atoms in total. The topological polar surface area (TPSA) is 53.2 Å². The number of benzene rings is 2. The Morgan fingerprint density at radius 2 is 1.59 bits per heavy atom. The number of hydrogen-bond donors (Lipinski definition) is 3. The van der Waals surface area contributed by atoms with Crippen molar-refractivity contribution in [3.63, 3.8) is 0 Å². The summed E-state index contributed by atoms with van der Waals surface area (Å²) in [7, 11) is 0. The quantitative estimate of drug-likeness (QED) is 0.268. The highest BCUT2D eigenvalue weighted by atomic mass is 35.6. The van der Waals surface area contributed by atoms with E-state index in [0.717, 1.165) is 0 Å². The molecule has 144 valence electrons. The largest absolute Gasteiger partial charge is 0.339 e. The number of rotatable bonds is 4. The van der Waals surface area contributed by atoms with E-state index in [0.29, 0.717) is 15.7 Å². The maximum Gasteiger partial charge on any atom is 0.254 e. The fourth-order valence-corrected chi connectivity index (χ4v) is 3.01. The Morgan fingerprint density at radius 3 is 2.19 bits per heavy atom. The number of hydrogen-bond acceptors (Lipinski definition) is 2. The standard InChI is InChI=1S/C16H11Cl6N3OS/c17-10-4-2-1-3-9(10)13(26)24-14(16(20,21)22)25-15(27)23-8-5-6-11(18)12(19)7-8/h1-7,14H,(H,24,26)(H2,23,25,27). The van der Waals surface area contributed by atoms with Crippen molar-refractivity contribution in [1.82, 2.24) is 10.6 Å². The number of carbonyl (C=O) groups excluding carboxylic acids is 1. The molecule has 2 rings (SSSR count). The van der Waals surface area contributed by atoms with Gasteiger partial charge in [-0.3, -0.25) is 4.79 Å². The van der Waals surface area contributed by atoms with Gasteiger partial charge >= 0.3 is 0 Å². The Bertz CT molecular complexity index is 858. The molecular formula is C16H11Cl6N3OS. The molecule has 1 atom stereocenters. The van der Waals surface area contributed by atoms with E-state index in [9.17, 15) is 4.79 Å². The molecule has 0 fully saturated rings. The Labute approximate surface area is 191 Å². The number of carbonyl (C=O) groups is 1. The second-order valence-corrected chi connectivity index (χ2v) is 9.15. The molecule has 0 aliphatic heterocycles. The smallest absolute Gasteiger partial charge is 0.254 e. The molecule has 1 unspecified atom stereocenters. The van der Waals surface area contributed by atoms with E-state index in [-0.39, 0.29) is 15.7 Å². The number of alkyl halides is 3. The zero-order valence-electron chi connectivity index (χ0n) is 13.2. The van der Waals surface area contributed by atoms with Gasteiger partial charge in [0, 0.05) is 5.69 Å². The third-order valence-electron chi connectivity index (χ3n) is 3.17. The van der Waals surface area contributed by atoms with Gasteiger partial charge in [0.15, 0.2) is 5.11 Å². The fourth-order valence-electron chi connectivity index (χ4n) is 1.93. The summed E-state index contributed by atoms with van der Waals surface area (Å²) in [6.45, 7) is 0. The van der Waals surface area contributed by atoms with Crippen molar-refractivity contribution >= 4 is 98.5 Å². The van der Waals surface area contributed by atoms with Crippen LogP contribution in [0.25, 0.3) is 0 Å². The molecule has 1 amide bonds. The summed E-state index contributed by atoms with van der Waals surface area (Å²) in [6.07, 6.45) is -1.14. The van der Waals surface area contributed by atoms with Crippen molar-refractivity contribution in [2.24, 2.45) is 0 Å². The van der Waals surface area contributed by atoms with Crippen LogP contribution in [0.2, 0.25) is 15.1 Å². The first-order valence-corrected chi connectivity index (χ1v) is 9.90. The molecule has 3 N–H and O–H groups in total. The predicted octanol–water partition coefficient (Wildman–Crippen LogP) is 6.06. The van der Waals surface area contributed by atoms with Crippen LogP contribution < -0.4 is 16.0 Å². The molecule has 0 radical (unpaired) electrons. The maximum absolute atomic E-state index is 12.4. The van der Waals surface area contributed by atoms with E-state index in [1.54, 1.807) is 42.5 Å². The third kappa shape index (κ3) is 6.71. The van der Waals surface area contributed by atoms with Gasteiger partial charge in [0.05, 0.1) is 20.6 Å². The molecule has 0 aliphatic carbocycles. The van der Waals surface area contributed by atoms with Gasteiger partial charge in [-0.1, -0.05) is 81.7 Å². The SMILES string of the molecule is O=C(NC(NC(=S)Nc1ccc(Cl)c(Cl)c1)C(Cl)(Cl)Cl)c1ccccc1Cl. The van der Waals surface area contributed by atoms with Crippen LogP contribution in [0.1, 0.15) is 10.4 Å². The Balaban J connectivity index is 2.10. The van der Waals surface area contributed by atoms with E-state index < -0.39 is 15.9 Å². The predicted molar refractivity (Wildman–Crippen MR) is 119 cm³/mol. The molecule has 0 saturated heterocycles. The number of halogens is 6. The molecule has 0 bridgehead atoms. The van der Waals surface area contributed by atoms with Gasteiger partial charge in [-0.25, -0.2) is 0 Å². The van der Waals surface area contributed by atoms with Crippen molar-refractivity contribution in [3.05, 3.63) is 63.1 Å². The van der Waals surface area contributed by atoms with Crippen LogP contribution in [0, 0.1) is 0 Å². The van der Waals surface area contributed by atoms with Crippen LogP contribution in [-0.4, -0.2) is 21.0 Å². The minimum Gasteiger partial charge on any atom is -0.339 e. The summed E-state index contributed by atoms with van der Waals surface area (Å²) in [5, 5.41) is 9.22. The highest BCUT2D eigenvalue weighted by Crippen LogP contribution is 2.30. The first-order valence-electron chi connectivity index (χ1n) is 7.22. The van der Waals surface area contributed by atoms with Crippen LogP contribution >= 0.6 is 81.8 Å². The highest BCUT2D eigenvalue weighted by molar-refractivity contribution is 7.80. The Hall–Kier alpha value is -0.660. The molecule has 2 aromatic carbocycles. The molecule has 27 heavy (non-hydrogen) atoms. The van der Waals surface area contributed by atoms with Crippen molar-refractivity contribution in [3.8, 4) is 0 Å². The fraction of sp³-hybridized carbons (Fsp3) is 0.125.